The summed E-state index contributed by atoms with van der Waals surface area (Å²) in [5.74, 6) is 1.03. The summed E-state index contributed by atoms with van der Waals surface area (Å²) in [6.45, 7) is 8.39. The van der Waals surface area contributed by atoms with Gasteiger partial charge in [-0.2, -0.15) is 5.10 Å². The molecule has 27 heavy (non-hydrogen) atoms. The summed E-state index contributed by atoms with van der Waals surface area (Å²) in [6.07, 6.45) is 4.08. The van der Waals surface area contributed by atoms with Crippen molar-refractivity contribution in [2.24, 2.45) is 7.05 Å². The lowest BCUT2D eigenvalue weighted by Gasteiger charge is -2.37. The average molecular weight is 372 g/mol. The highest BCUT2D eigenvalue weighted by atomic mass is 16.5. The molecule has 8 nitrogen and oxygen atoms in total. The van der Waals surface area contributed by atoms with Crippen LogP contribution in [-0.4, -0.2) is 68.9 Å². The van der Waals surface area contributed by atoms with E-state index in [1.165, 1.54) is 0 Å². The molecule has 3 heterocycles. The molecule has 146 valence electrons. The third-order valence-corrected chi connectivity index (χ3v) is 5.71. The fourth-order valence-corrected chi connectivity index (χ4v) is 3.51. The number of carbonyl (C=O) groups excluding carboxylic acids is 1. The molecule has 1 atom stereocenters. The van der Waals surface area contributed by atoms with Crippen LogP contribution in [0.15, 0.2) is 16.8 Å². The van der Waals surface area contributed by atoms with Crippen LogP contribution in [0.1, 0.15) is 31.2 Å². The van der Waals surface area contributed by atoms with Crippen molar-refractivity contribution in [3.63, 3.8) is 0 Å². The highest BCUT2D eigenvalue weighted by Gasteiger charge is 2.30. The molecule has 1 amide bonds. The van der Waals surface area contributed by atoms with E-state index >= 15 is 0 Å². The van der Waals surface area contributed by atoms with E-state index in [2.05, 4.69) is 25.4 Å². The quantitative estimate of drug-likeness (QED) is 0.820. The van der Waals surface area contributed by atoms with E-state index in [0.29, 0.717) is 6.04 Å². The minimum absolute atomic E-state index is 0.0572. The van der Waals surface area contributed by atoms with Gasteiger partial charge in [-0.15, -0.1) is 0 Å². The van der Waals surface area contributed by atoms with Gasteiger partial charge in [0.1, 0.15) is 5.69 Å². The smallest absolute Gasteiger partial charge is 0.237 e. The number of piperazine rings is 1. The largest absolute Gasteiger partial charge is 0.359 e. The van der Waals surface area contributed by atoms with Crippen molar-refractivity contribution >= 4 is 5.91 Å². The van der Waals surface area contributed by atoms with Gasteiger partial charge in [-0.3, -0.25) is 19.3 Å². The molecule has 2 fully saturated rings. The topological polar surface area (TPSA) is 79.4 Å². The van der Waals surface area contributed by atoms with E-state index in [9.17, 15) is 4.79 Å². The van der Waals surface area contributed by atoms with Gasteiger partial charge in [0.2, 0.25) is 5.91 Å². The number of rotatable bonds is 6. The van der Waals surface area contributed by atoms with E-state index in [4.69, 9.17) is 4.52 Å². The molecule has 0 radical (unpaired) electrons. The zero-order valence-electron chi connectivity index (χ0n) is 16.3. The highest BCUT2D eigenvalue weighted by Crippen LogP contribution is 2.23. The highest BCUT2D eigenvalue weighted by molar-refractivity contribution is 5.81. The summed E-state index contributed by atoms with van der Waals surface area (Å²) in [7, 11) is 1.92. The van der Waals surface area contributed by atoms with Crippen LogP contribution in [0.4, 0.5) is 0 Å². The maximum Gasteiger partial charge on any atom is 0.237 e. The number of hydrogen-bond acceptors (Lipinski definition) is 6. The van der Waals surface area contributed by atoms with Crippen LogP contribution in [0.25, 0.3) is 11.3 Å². The summed E-state index contributed by atoms with van der Waals surface area (Å²) < 4.78 is 7.38. The monoisotopic (exact) mass is 372 g/mol. The lowest BCUT2D eigenvalue weighted by atomic mass is 10.2. The normalized spacial score (nSPS) is 20.0. The first-order valence-corrected chi connectivity index (χ1v) is 9.72. The van der Waals surface area contributed by atoms with E-state index in [1.807, 2.05) is 37.8 Å². The standard InChI is InChI=1S/C19H28N6O2/c1-13-17(11-20-23(13)3)18-10-16(27-22-18)12-24-6-8-25(9-7-24)14(2)19(26)21-15-4-5-15/h10-11,14-15H,4-9,12H2,1-3H3,(H,21,26). The molecule has 2 aliphatic rings. The summed E-state index contributed by atoms with van der Waals surface area (Å²) in [5, 5.41) is 11.6. The van der Waals surface area contributed by atoms with Crippen molar-refractivity contribution in [3.05, 3.63) is 23.7 Å². The van der Waals surface area contributed by atoms with Gasteiger partial charge in [-0.25, -0.2) is 0 Å². The molecular formula is C19H28N6O2. The summed E-state index contributed by atoms with van der Waals surface area (Å²) >= 11 is 0. The predicted octanol–water partition coefficient (Wildman–Crippen LogP) is 1.17. The Bertz CT molecular complexity index is 801. The Kier molecular flexibility index (Phi) is 5.01. The van der Waals surface area contributed by atoms with Gasteiger partial charge in [0, 0.05) is 56.6 Å². The van der Waals surface area contributed by atoms with Gasteiger partial charge in [-0.1, -0.05) is 5.16 Å². The molecule has 1 saturated heterocycles. The third-order valence-electron chi connectivity index (χ3n) is 5.71. The number of nitrogens with one attached hydrogen (secondary N) is 1. The number of aromatic nitrogens is 3. The van der Waals surface area contributed by atoms with Crippen LogP contribution in [0, 0.1) is 6.92 Å². The first-order valence-electron chi connectivity index (χ1n) is 9.72. The Morgan fingerprint density at radius 3 is 2.70 bits per heavy atom. The Morgan fingerprint density at radius 2 is 2.07 bits per heavy atom. The summed E-state index contributed by atoms with van der Waals surface area (Å²) in [4.78, 5) is 16.8. The van der Waals surface area contributed by atoms with Crippen LogP contribution in [-0.2, 0) is 18.4 Å². The molecule has 1 aliphatic carbocycles. The number of nitrogens with zero attached hydrogens (tertiary/aromatic N) is 5. The van der Waals surface area contributed by atoms with Crippen LogP contribution >= 0.6 is 0 Å². The Morgan fingerprint density at radius 1 is 1.33 bits per heavy atom. The van der Waals surface area contributed by atoms with Gasteiger partial charge in [0.05, 0.1) is 18.8 Å². The van der Waals surface area contributed by atoms with Gasteiger partial charge in [0.15, 0.2) is 5.76 Å². The fraction of sp³-hybridized carbons (Fsp3) is 0.632. The first kappa shape index (κ1) is 18.2. The molecular weight excluding hydrogens is 344 g/mol. The van der Waals surface area contributed by atoms with E-state index in [1.54, 1.807) is 0 Å². The summed E-state index contributed by atoms with van der Waals surface area (Å²) in [5.41, 5.74) is 2.91. The maximum atomic E-state index is 12.2. The molecule has 0 spiro atoms. The minimum Gasteiger partial charge on any atom is -0.359 e. The zero-order valence-corrected chi connectivity index (χ0v) is 16.3. The SMILES string of the molecule is Cc1c(-c2cc(CN3CCN(C(C)C(=O)NC4CC4)CC3)on2)cnn1C. The third kappa shape index (κ3) is 4.06. The van der Waals surface area contributed by atoms with E-state index in [0.717, 1.165) is 68.3 Å². The van der Waals surface area contributed by atoms with Crippen molar-refractivity contribution in [3.8, 4) is 11.3 Å². The first-order chi connectivity index (χ1) is 13.0. The maximum absolute atomic E-state index is 12.2. The number of aryl methyl sites for hydroxylation is 1. The molecule has 1 N–H and O–H groups in total. The van der Waals surface area contributed by atoms with Crippen LogP contribution in [0.2, 0.25) is 0 Å². The number of carbonyl (C=O) groups is 1. The predicted molar refractivity (Wildman–Crippen MR) is 101 cm³/mol. The van der Waals surface area contributed by atoms with E-state index < -0.39 is 0 Å². The van der Waals surface area contributed by atoms with Gasteiger partial charge in [-0.05, 0) is 26.7 Å². The van der Waals surface area contributed by atoms with Crippen molar-refractivity contribution in [1.29, 1.82) is 0 Å². The fourth-order valence-electron chi connectivity index (χ4n) is 3.51. The molecule has 1 unspecified atom stereocenters. The van der Waals surface area contributed by atoms with E-state index in [-0.39, 0.29) is 11.9 Å². The minimum atomic E-state index is -0.0572. The molecule has 8 heteroatoms. The summed E-state index contributed by atoms with van der Waals surface area (Å²) in [6, 6.07) is 2.37. The zero-order chi connectivity index (χ0) is 19.0. The van der Waals surface area contributed by atoms with Crippen LogP contribution in [0.5, 0.6) is 0 Å². The molecule has 4 rings (SSSR count). The van der Waals surface area contributed by atoms with Crippen molar-refractivity contribution in [1.82, 2.24) is 30.1 Å². The lowest BCUT2D eigenvalue weighted by Crippen LogP contribution is -2.53. The Hall–Kier alpha value is -2.19. The molecule has 2 aromatic heterocycles. The number of hydrogen-bond donors (Lipinski definition) is 1. The Labute approximate surface area is 159 Å². The Balaban J connectivity index is 1.29. The van der Waals surface area contributed by atoms with Crippen molar-refractivity contribution in [2.75, 3.05) is 26.2 Å². The second-order valence-electron chi connectivity index (χ2n) is 7.72. The molecule has 0 aromatic carbocycles. The van der Waals surface area contributed by atoms with Gasteiger partial charge >= 0.3 is 0 Å². The van der Waals surface area contributed by atoms with Crippen LogP contribution < -0.4 is 5.32 Å². The van der Waals surface area contributed by atoms with Crippen molar-refractivity contribution < 1.29 is 9.32 Å². The molecule has 2 aromatic rings. The second-order valence-corrected chi connectivity index (χ2v) is 7.72. The second kappa shape index (κ2) is 7.44. The average Bonchev–Trinajstić information content (AvgIpc) is 3.26. The van der Waals surface area contributed by atoms with Crippen molar-refractivity contribution in [2.45, 2.75) is 45.3 Å². The van der Waals surface area contributed by atoms with Gasteiger partial charge in [0.25, 0.3) is 0 Å². The molecule has 0 bridgehead atoms. The number of amides is 1. The lowest BCUT2D eigenvalue weighted by molar-refractivity contribution is -0.126. The molecule has 1 saturated carbocycles. The molecule has 1 aliphatic heterocycles. The van der Waals surface area contributed by atoms with Crippen LogP contribution in [0.3, 0.4) is 0 Å². The van der Waals surface area contributed by atoms with Gasteiger partial charge < -0.3 is 9.84 Å².